The minimum Gasteiger partial charge on any atom is -0.354 e. The van der Waals surface area contributed by atoms with Gasteiger partial charge in [-0.3, -0.25) is 4.79 Å². The quantitative estimate of drug-likeness (QED) is 0.653. The van der Waals surface area contributed by atoms with Gasteiger partial charge in [-0.2, -0.15) is 4.80 Å². The summed E-state index contributed by atoms with van der Waals surface area (Å²) in [5.74, 6) is 0.115. The fraction of sp³-hybridized carbons (Fsp3) is 0.389. The molecule has 2 aromatic heterocycles. The Morgan fingerprint density at radius 1 is 1.19 bits per heavy atom. The Kier molecular flexibility index (Phi) is 5.90. The molecule has 0 aliphatic heterocycles. The van der Waals surface area contributed by atoms with Crippen LogP contribution in [0.15, 0.2) is 30.6 Å². The van der Waals surface area contributed by atoms with Crippen LogP contribution < -0.4 is 5.32 Å². The first-order valence-electron chi connectivity index (χ1n) is 8.81. The predicted molar refractivity (Wildman–Crippen MR) is 97.2 cm³/mol. The van der Waals surface area contributed by atoms with E-state index in [0.29, 0.717) is 43.9 Å². The highest BCUT2D eigenvalue weighted by Crippen LogP contribution is 2.13. The summed E-state index contributed by atoms with van der Waals surface area (Å²) in [6.45, 7) is 5.72. The minimum atomic E-state index is -0.310. The summed E-state index contributed by atoms with van der Waals surface area (Å²) in [6, 6.07) is 5.92. The number of imidazole rings is 1. The number of nitrogens with one attached hydrogen (secondary N) is 1. The maximum atomic E-state index is 13.0. The molecule has 1 amide bonds. The van der Waals surface area contributed by atoms with E-state index in [1.807, 2.05) is 18.4 Å². The number of rotatable bonds is 8. The van der Waals surface area contributed by atoms with Crippen molar-refractivity contribution in [2.24, 2.45) is 0 Å². The van der Waals surface area contributed by atoms with E-state index in [1.165, 1.54) is 16.9 Å². The van der Waals surface area contributed by atoms with E-state index >= 15 is 0 Å². The summed E-state index contributed by atoms with van der Waals surface area (Å²) in [4.78, 5) is 17.6. The van der Waals surface area contributed by atoms with Crippen molar-refractivity contribution in [3.63, 3.8) is 0 Å². The third-order valence-electron chi connectivity index (χ3n) is 4.34. The number of hydrogen-bond donors (Lipinski definition) is 1. The van der Waals surface area contributed by atoms with Crippen LogP contribution >= 0.6 is 0 Å². The van der Waals surface area contributed by atoms with Crippen LogP contribution in [0.2, 0.25) is 0 Å². The zero-order chi connectivity index (χ0) is 19.2. The molecule has 0 atom stereocenters. The number of hydrogen-bond acceptors (Lipinski definition) is 5. The number of amides is 1. The highest BCUT2D eigenvalue weighted by molar-refractivity contribution is 5.75. The molecule has 0 radical (unpaired) electrons. The smallest absolute Gasteiger partial charge is 0.220 e. The van der Waals surface area contributed by atoms with Gasteiger partial charge in [-0.25, -0.2) is 9.37 Å². The molecule has 8 nitrogen and oxygen atoms in total. The molecule has 0 spiro atoms. The maximum Gasteiger partial charge on any atom is 0.220 e. The standard InChI is InChI=1S/C18H22FN7O/c1-13-14(2)25(12-21-13)11-9-20-17(27)4-3-10-26-23-18(22-24-26)15-5-7-16(19)8-6-15/h5-8,12H,3-4,9-11H2,1-2H3,(H,20,27). The fourth-order valence-electron chi connectivity index (χ4n) is 2.61. The number of carbonyl (C=O) groups is 1. The molecule has 1 N–H and O–H groups in total. The fourth-order valence-corrected chi connectivity index (χ4v) is 2.61. The molecular formula is C18H22FN7O. The van der Waals surface area contributed by atoms with E-state index in [1.54, 1.807) is 18.5 Å². The Balaban J connectivity index is 1.38. The monoisotopic (exact) mass is 371 g/mol. The molecule has 0 fully saturated rings. The maximum absolute atomic E-state index is 13.0. The van der Waals surface area contributed by atoms with Gasteiger partial charge in [-0.1, -0.05) is 0 Å². The molecule has 27 heavy (non-hydrogen) atoms. The lowest BCUT2D eigenvalue weighted by Gasteiger charge is -2.07. The van der Waals surface area contributed by atoms with Gasteiger partial charge in [0.05, 0.1) is 18.6 Å². The number of carbonyl (C=O) groups excluding carboxylic acids is 1. The van der Waals surface area contributed by atoms with Gasteiger partial charge in [-0.05, 0) is 49.7 Å². The average molecular weight is 371 g/mol. The van der Waals surface area contributed by atoms with Crippen LogP contribution in [0.5, 0.6) is 0 Å². The molecule has 3 aromatic rings. The highest BCUT2D eigenvalue weighted by Gasteiger charge is 2.07. The van der Waals surface area contributed by atoms with Gasteiger partial charge in [0.2, 0.25) is 11.7 Å². The van der Waals surface area contributed by atoms with E-state index < -0.39 is 0 Å². The average Bonchev–Trinajstić information content (AvgIpc) is 3.24. The third kappa shape index (κ3) is 4.96. The van der Waals surface area contributed by atoms with E-state index in [9.17, 15) is 9.18 Å². The Hall–Kier alpha value is -3.10. The third-order valence-corrected chi connectivity index (χ3v) is 4.34. The molecule has 0 saturated carbocycles. The first kappa shape index (κ1) is 18.7. The van der Waals surface area contributed by atoms with Gasteiger partial charge in [0.15, 0.2) is 0 Å². The molecular weight excluding hydrogens is 349 g/mol. The molecule has 0 aliphatic carbocycles. The predicted octanol–water partition coefficient (Wildman–Crippen LogP) is 1.89. The molecule has 3 rings (SSSR count). The van der Waals surface area contributed by atoms with Crippen molar-refractivity contribution < 1.29 is 9.18 Å². The lowest BCUT2D eigenvalue weighted by molar-refractivity contribution is -0.121. The van der Waals surface area contributed by atoms with E-state index in [2.05, 4.69) is 25.7 Å². The van der Waals surface area contributed by atoms with Crippen LogP contribution in [0.25, 0.3) is 11.4 Å². The van der Waals surface area contributed by atoms with Crippen LogP contribution in [-0.2, 0) is 17.9 Å². The van der Waals surface area contributed by atoms with Crippen molar-refractivity contribution in [3.05, 3.63) is 47.8 Å². The van der Waals surface area contributed by atoms with E-state index in [-0.39, 0.29) is 11.7 Å². The van der Waals surface area contributed by atoms with Gasteiger partial charge in [0, 0.05) is 30.8 Å². The number of nitrogens with zero attached hydrogens (tertiary/aromatic N) is 6. The van der Waals surface area contributed by atoms with Crippen LogP contribution in [0.3, 0.4) is 0 Å². The lowest BCUT2D eigenvalue weighted by Crippen LogP contribution is -2.27. The summed E-state index contributed by atoms with van der Waals surface area (Å²) in [5.41, 5.74) is 2.81. The Morgan fingerprint density at radius 3 is 2.67 bits per heavy atom. The molecule has 1 aromatic carbocycles. The van der Waals surface area contributed by atoms with Crippen molar-refractivity contribution in [1.29, 1.82) is 0 Å². The second-order valence-corrected chi connectivity index (χ2v) is 6.28. The SMILES string of the molecule is Cc1ncn(CCNC(=O)CCCn2nnc(-c3ccc(F)cc3)n2)c1C. The summed E-state index contributed by atoms with van der Waals surface area (Å²) in [7, 11) is 0. The van der Waals surface area contributed by atoms with Gasteiger partial charge < -0.3 is 9.88 Å². The number of benzene rings is 1. The van der Waals surface area contributed by atoms with E-state index in [0.717, 1.165) is 11.4 Å². The highest BCUT2D eigenvalue weighted by atomic mass is 19.1. The second kappa shape index (κ2) is 8.52. The number of tetrazole rings is 1. The zero-order valence-corrected chi connectivity index (χ0v) is 15.4. The first-order chi connectivity index (χ1) is 13.0. The summed E-state index contributed by atoms with van der Waals surface area (Å²) >= 11 is 0. The lowest BCUT2D eigenvalue weighted by atomic mass is 10.2. The molecule has 0 unspecified atom stereocenters. The van der Waals surface area contributed by atoms with Crippen molar-refractivity contribution in [1.82, 2.24) is 35.1 Å². The number of halogens is 1. The van der Waals surface area contributed by atoms with E-state index in [4.69, 9.17) is 0 Å². The van der Waals surface area contributed by atoms with Crippen molar-refractivity contribution in [2.45, 2.75) is 39.8 Å². The molecule has 2 heterocycles. The Bertz CT molecular complexity index is 901. The van der Waals surface area contributed by atoms with Gasteiger partial charge >= 0.3 is 0 Å². The molecule has 9 heteroatoms. The number of aryl methyl sites for hydroxylation is 2. The van der Waals surface area contributed by atoms with Crippen molar-refractivity contribution >= 4 is 5.91 Å². The molecule has 0 aliphatic rings. The molecule has 0 saturated heterocycles. The second-order valence-electron chi connectivity index (χ2n) is 6.28. The Labute approximate surface area is 156 Å². The van der Waals surface area contributed by atoms with Crippen LogP contribution in [-0.4, -0.2) is 42.2 Å². The van der Waals surface area contributed by atoms with Gasteiger partial charge in [0.1, 0.15) is 5.82 Å². The topological polar surface area (TPSA) is 90.5 Å². The molecule has 0 bridgehead atoms. The first-order valence-corrected chi connectivity index (χ1v) is 8.81. The van der Waals surface area contributed by atoms with Gasteiger partial charge in [-0.15, -0.1) is 10.2 Å². The summed E-state index contributed by atoms with van der Waals surface area (Å²) < 4.78 is 15.0. The largest absolute Gasteiger partial charge is 0.354 e. The molecule has 142 valence electrons. The van der Waals surface area contributed by atoms with Crippen molar-refractivity contribution in [2.75, 3.05) is 6.54 Å². The normalized spacial score (nSPS) is 10.9. The van der Waals surface area contributed by atoms with Crippen LogP contribution in [0, 0.1) is 19.7 Å². The Morgan fingerprint density at radius 2 is 1.96 bits per heavy atom. The summed E-state index contributed by atoms with van der Waals surface area (Å²) in [5, 5.41) is 15.1. The number of aromatic nitrogens is 6. The van der Waals surface area contributed by atoms with Crippen LogP contribution in [0.1, 0.15) is 24.2 Å². The van der Waals surface area contributed by atoms with Crippen LogP contribution in [0.4, 0.5) is 4.39 Å². The summed E-state index contributed by atoms with van der Waals surface area (Å²) in [6.07, 6.45) is 2.77. The van der Waals surface area contributed by atoms with Gasteiger partial charge in [0.25, 0.3) is 0 Å². The zero-order valence-electron chi connectivity index (χ0n) is 15.4. The minimum absolute atomic E-state index is 0.0108. The van der Waals surface area contributed by atoms with Crippen molar-refractivity contribution in [3.8, 4) is 11.4 Å².